The normalized spacial score (nSPS) is 15.3. The SMILES string of the molecule is COC(=O)C1=C(C)CCCC1.CS(=O)(=O)c1cccc(C(F)(F)F)c1. The van der Waals surface area contributed by atoms with Crippen LogP contribution in [-0.2, 0) is 25.5 Å². The lowest BCUT2D eigenvalue weighted by molar-refractivity contribution is -0.138. The van der Waals surface area contributed by atoms with Crippen LogP contribution in [0.3, 0.4) is 0 Å². The first kappa shape index (κ1) is 21.2. The van der Waals surface area contributed by atoms with Gasteiger partial charge in [0.1, 0.15) is 0 Å². The number of ether oxygens (including phenoxy) is 1. The summed E-state index contributed by atoms with van der Waals surface area (Å²) in [5, 5.41) is 0. The summed E-state index contributed by atoms with van der Waals surface area (Å²) in [6.45, 7) is 2.02. The number of sulfone groups is 1. The van der Waals surface area contributed by atoms with Gasteiger partial charge in [0.25, 0.3) is 0 Å². The van der Waals surface area contributed by atoms with Crippen LogP contribution in [-0.4, -0.2) is 27.8 Å². The number of methoxy groups -OCH3 is 1. The standard InChI is InChI=1S/C9H14O2.C8H7F3O2S/c1-7-5-3-4-6-8(7)9(10)11-2;1-14(12,13)7-4-2-3-6(5-7)8(9,10)11/h3-6H2,1-2H3;2-5H,1H3. The van der Waals surface area contributed by atoms with E-state index < -0.39 is 21.6 Å². The largest absolute Gasteiger partial charge is 0.466 e. The molecule has 1 aromatic rings. The maximum absolute atomic E-state index is 12.2. The molecule has 0 amide bonds. The highest BCUT2D eigenvalue weighted by molar-refractivity contribution is 7.90. The van der Waals surface area contributed by atoms with Gasteiger partial charge in [0.2, 0.25) is 0 Å². The maximum Gasteiger partial charge on any atom is 0.416 e. The van der Waals surface area contributed by atoms with Gasteiger partial charge in [0, 0.05) is 11.8 Å². The van der Waals surface area contributed by atoms with Crippen molar-refractivity contribution in [3.05, 3.63) is 41.0 Å². The van der Waals surface area contributed by atoms with E-state index in [9.17, 15) is 26.4 Å². The Hall–Kier alpha value is -1.83. The number of benzene rings is 1. The summed E-state index contributed by atoms with van der Waals surface area (Å²) in [5.41, 5.74) is 1.15. The summed E-state index contributed by atoms with van der Waals surface area (Å²) >= 11 is 0. The number of rotatable bonds is 2. The molecule has 0 bridgehead atoms. The minimum absolute atomic E-state index is 0.137. The highest BCUT2D eigenvalue weighted by Gasteiger charge is 2.31. The Morgan fingerprint density at radius 1 is 1.16 bits per heavy atom. The molecule has 0 N–H and O–H groups in total. The van der Waals surface area contributed by atoms with Crippen LogP contribution in [0.2, 0.25) is 0 Å². The molecule has 140 valence electrons. The second-order valence-corrected chi connectivity index (χ2v) is 7.77. The number of hydrogen-bond donors (Lipinski definition) is 0. The molecule has 0 aliphatic heterocycles. The van der Waals surface area contributed by atoms with Crippen molar-refractivity contribution in [1.29, 1.82) is 0 Å². The molecular formula is C17H21F3O4S. The zero-order valence-electron chi connectivity index (χ0n) is 14.3. The smallest absolute Gasteiger partial charge is 0.416 e. The van der Waals surface area contributed by atoms with E-state index in [4.69, 9.17) is 0 Å². The fourth-order valence-corrected chi connectivity index (χ4v) is 3.03. The molecule has 0 spiro atoms. The van der Waals surface area contributed by atoms with Gasteiger partial charge in [-0.3, -0.25) is 0 Å². The van der Waals surface area contributed by atoms with Crippen LogP contribution in [0.5, 0.6) is 0 Å². The van der Waals surface area contributed by atoms with Crippen LogP contribution in [0.15, 0.2) is 40.3 Å². The van der Waals surface area contributed by atoms with Gasteiger partial charge < -0.3 is 4.74 Å². The number of allylic oxidation sites excluding steroid dienone is 1. The Morgan fingerprint density at radius 3 is 2.24 bits per heavy atom. The molecule has 1 aliphatic carbocycles. The lowest BCUT2D eigenvalue weighted by Crippen LogP contribution is -2.10. The Bertz CT molecular complexity index is 749. The predicted octanol–water partition coefficient (Wildman–Crippen LogP) is 4.16. The first-order valence-corrected chi connectivity index (χ1v) is 9.50. The average Bonchev–Trinajstić information content (AvgIpc) is 2.54. The third-order valence-corrected chi connectivity index (χ3v) is 4.88. The molecule has 0 unspecified atom stereocenters. The Kier molecular flexibility index (Phi) is 7.22. The molecule has 0 saturated heterocycles. The molecule has 0 aromatic heterocycles. The first-order chi connectivity index (χ1) is 11.5. The molecule has 2 rings (SSSR count). The van der Waals surface area contributed by atoms with Crippen LogP contribution in [0, 0.1) is 0 Å². The predicted molar refractivity (Wildman–Crippen MR) is 87.7 cm³/mol. The van der Waals surface area contributed by atoms with Crippen LogP contribution in [0.25, 0.3) is 0 Å². The molecule has 1 aromatic carbocycles. The van der Waals surface area contributed by atoms with Crippen molar-refractivity contribution >= 4 is 15.8 Å². The minimum Gasteiger partial charge on any atom is -0.466 e. The summed E-state index contributed by atoms with van der Waals surface area (Å²) in [6, 6.07) is 3.65. The van der Waals surface area contributed by atoms with Gasteiger partial charge in [-0.05, 0) is 50.8 Å². The molecular weight excluding hydrogens is 357 g/mol. The van der Waals surface area contributed by atoms with E-state index >= 15 is 0 Å². The summed E-state index contributed by atoms with van der Waals surface area (Å²) < 4.78 is 63.0. The Balaban J connectivity index is 0.000000257. The van der Waals surface area contributed by atoms with Crippen molar-refractivity contribution in [3.8, 4) is 0 Å². The monoisotopic (exact) mass is 378 g/mol. The van der Waals surface area contributed by atoms with Crippen molar-refractivity contribution < 1.29 is 31.1 Å². The highest BCUT2D eigenvalue weighted by Crippen LogP contribution is 2.30. The molecule has 0 atom stereocenters. The second kappa shape index (κ2) is 8.51. The lowest BCUT2D eigenvalue weighted by Gasteiger charge is -2.14. The zero-order chi connectivity index (χ0) is 19.3. The van der Waals surface area contributed by atoms with Crippen molar-refractivity contribution in [1.82, 2.24) is 0 Å². The van der Waals surface area contributed by atoms with E-state index in [1.807, 2.05) is 6.92 Å². The van der Waals surface area contributed by atoms with Crippen molar-refractivity contribution in [2.45, 2.75) is 43.7 Å². The average molecular weight is 378 g/mol. The van der Waals surface area contributed by atoms with E-state index in [0.29, 0.717) is 6.07 Å². The minimum atomic E-state index is -4.51. The van der Waals surface area contributed by atoms with Gasteiger partial charge in [-0.1, -0.05) is 11.6 Å². The van der Waals surface area contributed by atoms with Crippen molar-refractivity contribution in [2.24, 2.45) is 0 Å². The lowest BCUT2D eigenvalue weighted by atomic mass is 9.93. The molecule has 0 radical (unpaired) electrons. The molecule has 4 nitrogen and oxygen atoms in total. The quantitative estimate of drug-likeness (QED) is 0.725. The number of halogens is 3. The maximum atomic E-state index is 12.2. The summed E-state index contributed by atoms with van der Waals surface area (Å²) in [5.74, 6) is -0.137. The van der Waals surface area contributed by atoms with Gasteiger partial charge in [-0.2, -0.15) is 13.2 Å². The number of esters is 1. The molecule has 0 saturated carbocycles. The number of hydrogen-bond acceptors (Lipinski definition) is 4. The molecule has 1 aliphatic rings. The fraction of sp³-hybridized carbons (Fsp3) is 0.471. The highest BCUT2D eigenvalue weighted by atomic mass is 32.2. The van der Waals surface area contributed by atoms with E-state index in [2.05, 4.69) is 4.74 Å². The van der Waals surface area contributed by atoms with Gasteiger partial charge in [0.15, 0.2) is 9.84 Å². The Morgan fingerprint density at radius 2 is 1.76 bits per heavy atom. The number of carbonyl (C=O) groups is 1. The molecule has 0 heterocycles. The third-order valence-electron chi connectivity index (χ3n) is 3.77. The first-order valence-electron chi connectivity index (χ1n) is 7.61. The third kappa shape index (κ3) is 6.53. The Labute approximate surface area is 145 Å². The van der Waals surface area contributed by atoms with E-state index in [1.165, 1.54) is 19.1 Å². The van der Waals surface area contributed by atoms with Crippen LogP contribution >= 0.6 is 0 Å². The molecule has 0 fully saturated rings. The fourth-order valence-electron chi connectivity index (χ4n) is 2.36. The topological polar surface area (TPSA) is 60.4 Å². The summed E-state index contributed by atoms with van der Waals surface area (Å²) in [4.78, 5) is 10.8. The summed E-state index contributed by atoms with van der Waals surface area (Å²) in [7, 11) is -2.14. The van der Waals surface area contributed by atoms with Crippen LogP contribution in [0.1, 0.15) is 38.2 Å². The van der Waals surface area contributed by atoms with Gasteiger partial charge >= 0.3 is 12.1 Å². The number of carbonyl (C=O) groups excluding carboxylic acids is 1. The second-order valence-electron chi connectivity index (χ2n) is 5.76. The van der Waals surface area contributed by atoms with Crippen molar-refractivity contribution in [2.75, 3.05) is 13.4 Å². The van der Waals surface area contributed by atoms with Crippen molar-refractivity contribution in [3.63, 3.8) is 0 Å². The number of alkyl halides is 3. The van der Waals surface area contributed by atoms with Gasteiger partial charge in [-0.25, -0.2) is 13.2 Å². The molecule has 8 heteroatoms. The molecule has 25 heavy (non-hydrogen) atoms. The van der Waals surface area contributed by atoms with E-state index in [1.54, 1.807) is 0 Å². The van der Waals surface area contributed by atoms with Gasteiger partial charge in [-0.15, -0.1) is 0 Å². The zero-order valence-corrected chi connectivity index (χ0v) is 15.1. The van der Waals surface area contributed by atoms with E-state index in [-0.39, 0.29) is 10.9 Å². The van der Waals surface area contributed by atoms with Gasteiger partial charge in [0.05, 0.1) is 17.6 Å². The van der Waals surface area contributed by atoms with Crippen LogP contribution < -0.4 is 0 Å². The van der Waals surface area contributed by atoms with Crippen LogP contribution in [0.4, 0.5) is 13.2 Å². The summed E-state index contributed by atoms with van der Waals surface area (Å²) in [6.07, 6.45) is 0.653. The van der Waals surface area contributed by atoms with E-state index in [0.717, 1.165) is 49.3 Å².